The number of aromatic hydroxyl groups is 1. The lowest BCUT2D eigenvalue weighted by Gasteiger charge is -2.50. The molecule has 2 saturated heterocycles. The first kappa shape index (κ1) is 33.1. The van der Waals surface area contributed by atoms with E-state index in [4.69, 9.17) is 0 Å². The molecule has 1 saturated carbocycles. The van der Waals surface area contributed by atoms with E-state index in [0.717, 1.165) is 26.6 Å². The van der Waals surface area contributed by atoms with Gasteiger partial charge in [0.05, 0.1) is 39.5 Å². The van der Waals surface area contributed by atoms with Crippen LogP contribution >= 0.6 is 0 Å². The van der Waals surface area contributed by atoms with Gasteiger partial charge in [0.1, 0.15) is 5.75 Å². The Labute approximate surface area is 299 Å². The van der Waals surface area contributed by atoms with E-state index in [1.807, 2.05) is 67.6 Å². The van der Waals surface area contributed by atoms with Crippen LogP contribution in [-0.2, 0) is 24.6 Å². The number of fused-ring (bicyclic) bond motifs is 4. The van der Waals surface area contributed by atoms with Crippen molar-refractivity contribution >= 4 is 40.7 Å². The summed E-state index contributed by atoms with van der Waals surface area (Å²) >= 11 is 0. The van der Waals surface area contributed by atoms with Gasteiger partial charge in [-0.05, 0) is 86.1 Å². The van der Waals surface area contributed by atoms with Crippen LogP contribution in [-0.4, -0.2) is 38.7 Å². The van der Waals surface area contributed by atoms with Gasteiger partial charge >= 0.3 is 0 Å². The van der Waals surface area contributed by atoms with E-state index in [1.54, 1.807) is 26.0 Å². The fourth-order valence-electron chi connectivity index (χ4n) is 9.26. The summed E-state index contributed by atoms with van der Waals surface area (Å²) in [4.78, 5) is 70.5. The van der Waals surface area contributed by atoms with E-state index in [-0.39, 0.29) is 30.0 Å². The molecule has 0 aromatic heterocycles. The molecular weight excluding hydrogens is 660 g/mol. The van der Waals surface area contributed by atoms with Gasteiger partial charge in [-0.3, -0.25) is 39.6 Å². The van der Waals surface area contributed by atoms with Crippen LogP contribution in [0.2, 0.25) is 0 Å². The number of amides is 4. The van der Waals surface area contributed by atoms with Crippen LogP contribution in [0.5, 0.6) is 5.75 Å². The number of aryl methyl sites for hydroxylation is 3. The standard InChI is InChI=1S/C41H36N4O7/c1-22-9-11-27(12-10-22)42-44-38(48)33-21-32-30(17-18-31-34(32)39(49)43(37(31)47)28-13-15-29(16-14-28)45(51)52)35(25-19-23(2)36(46)24(3)20-25)41(33,40(44)50)26-7-5-4-6-8-26/h4-17,19-20,31-35,42,46H,18,21H2,1-3H3/t31-,32+,33-,34-,35-,41+/m0/s1. The zero-order chi connectivity index (χ0) is 36.6. The predicted octanol–water partition coefficient (Wildman–Crippen LogP) is 6.42. The predicted molar refractivity (Wildman–Crippen MR) is 192 cm³/mol. The summed E-state index contributed by atoms with van der Waals surface area (Å²) in [5, 5.41) is 23.3. The average Bonchev–Trinajstić information content (AvgIpc) is 3.52. The Hall–Kier alpha value is -6.10. The summed E-state index contributed by atoms with van der Waals surface area (Å²) in [6.07, 6.45) is 2.35. The molecule has 262 valence electrons. The molecule has 2 heterocycles. The number of phenols is 1. The van der Waals surface area contributed by atoms with E-state index < -0.39 is 63.6 Å². The molecule has 11 heteroatoms. The largest absolute Gasteiger partial charge is 0.507 e. The fourth-order valence-corrected chi connectivity index (χ4v) is 9.26. The number of hydrogen-bond donors (Lipinski definition) is 2. The highest BCUT2D eigenvalue weighted by atomic mass is 16.6. The van der Waals surface area contributed by atoms with Crippen LogP contribution in [0.3, 0.4) is 0 Å². The Morgan fingerprint density at radius 1 is 0.827 bits per heavy atom. The maximum absolute atomic E-state index is 15.3. The molecule has 4 aliphatic rings. The summed E-state index contributed by atoms with van der Waals surface area (Å²) in [5.41, 5.74) is 6.73. The average molecular weight is 697 g/mol. The molecule has 4 aromatic rings. The molecule has 4 amide bonds. The highest BCUT2D eigenvalue weighted by Gasteiger charge is 2.70. The number of phenolic OH excluding ortho intramolecular Hbond substituents is 1. The van der Waals surface area contributed by atoms with Crippen molar-refractivity contribution in [2.45, 2.75) is 44.9 Å². The minimum Gasteiger partial charge on any atom is -0.507 e. The van der Waals surface area contributed by atoms with Crippen molar-refractivity contribution in [3.8, 4) is 5.75 Å². The van der Waals surface area contributed by atoms with E-state index in [0.29, 0.717) is 22.4 Å². The number of allylic oxidation sites excluding steroid dienone is 2. The number of imide groups is 2. The third-order valence-electron chi connectivity index (χ3n) is 11.6. The number of carbonyl (C=O) groups is 4. The van der Waals surface area contributed by atoms with Crippen molar-refractivity contribution in [2.24, 2.45) is 23.7 Å². The lowest BCUT2D eigenvalue weighted by atomic mass is 9.49. The number of nitro benzene ring substituents is 1. The van der Waals surface area contributed by atoms with E-state index >= 15 is 4.79 Å². The van der Waals surface area contributed by atoms with Crippen LogP contribution in [0.1, 0.15) is 46.6 Å². The number of hydrogen-bond acceptors (Lipinski definition) is 8. The van der Waals surface area contributed by atoms with Crippen molar-refractivity contribution in [2.75, 3.05) is 10.3 Å². The lowest BCUT2D eigenvalue weighted by molar-refractivity contribution is -0.384. The first-order valence-electron chi connectivity index (χ1n) is 17.3. The van der Waals surface area contributed by atoms with Gasteiger partial charge in [0, 0.05) is 18.1 Å². The summed E-state index contributed by atoms with van der Waals surface area (Å²) in [7, 11) is 0. The van der Waals surface area contributed by atoms with Crippen molar-refractivity contribution in [3.05, 3.63) is 141 Å². The Balaban J connectivity index is 1.31. The van der Waals surface area contributed by atoms with Gasteiger partial charge in [-0.25, -0.2) is 0 Å². The number of rotatable bonds is 6. The van der Waals surface area contributed by atoms with Crippen LogP contribution in [0.4, 0.5) is 17.1 Å². The minimum atomic E-state index is -1.43. The summed E-state index contributed by atoms with van der Waals surface area (Å²) < 4.78 is 0. The second kappa shape index (κ2) is 12.0. The second-order valence-electron chi connectivity index (χ2n) is 14.4. The SMILES string of the molecule is Cc1ccc(NN2C(=O)[C@@H]3C[C@@H]4C(=CC[C@@H]5C(=O)N(c6ccc([N+](=O)[O-])cc6)C(=O)[C@@H]54)[C@H](c4cc(C)c(O)c(C)c4)[C@]3(c3ccccc3)C2=O)cc1. The number of non-ortho nitro benzene ring substituents is 1. The van der Waals surface area contributed by atoms with Crippen molar-refractivity contribution < 1.29 is 29.2 Å². The van der Waals surface area contributed by atoms with Gasteiger partial charge in [-0.1, -0.05) is 71.8 Å². The molecule has 3 fully saturated rings. The second-order valence-corrected chi connectivity index (χ2v) is 14.4. The zero-order valence-electron chi connectivity index (χ0n) is 28.8. The Bertz CT molecular complexity index is 2190. The Kier molecular flexibility index (Phi) is 7.63. The lowest BCUT2D eigenvalue weighted by Crippen LogP contribution is -2.53. The van der Waals surface area contributed by atoms with Crippen LogP contribution in [0.15, 0.2) is 103 Å². The summed E-state index contributed by atoms with van der Waals surface area (Å²) in [6.45, 7) is 5.53. The first-order chi connectivity index (χ1) is 24.9. The molecule has 11 nitrogen and oxygen atoms in total. The van der Waals surface area contributed by atoms with Crippen molar-refractivity contribution in [1.29, 1.82) is 0 Å². The number of hydrazine groups is 1. The molecule has 8 rings (SSSR count). The summed E-state index contributed by atoms with van der Waals surface area (Å²) in [6, 6.07) is 25.7. The van der Waals surface area contributed by atoms with Crippen molar-refractivity contribution in [3.63, 3.8) is 0 Å². The fraction of sp³-hybridized carbons (Fsp3) is 0.268. The highest BCUT2D eigenvalue weighted by molar-refractivity contribution is 6.22. The van der Waals surface area contributed by atoms with E-state index in [9.17, 15) is 29.6 Å². The minimum absolute atomic E-state index is 0.130. The maximum atomic E-state index is 15.3. The number of nitro groups is 1. The Morgan fingerprint density at radius 2 is 1.48 bits per heavy atom. The number of anilines is 2. The van der Waals surface area contributed by atoms with Crippen molar-refractivity contribution in [1.82, 2.24) is 5.01 Å². The third-order valence-corrected chi connectivity index (χ3v) is 11.6. The Morgan fingerprint density at radius 3 is 2.12 bits per heavy atom. The van der Waals surface area contributed by atoms with Gasteiger partial charge in [0.25, 0.3) is 17.5 Å². The van der Waals surface area contributed by atoms with Crippen LogP contribution in [0.25, 0.3) is 0 Å². The number of nitrogens with zero attached hydrogens (tertiary/aromatic N) is 3. The van der Waals surface area contributed by atoms with Gasteiger partial charge in [0.2, 0.25) is 11.8 Å². The molecule has 0 bridgehead atoms. The van der Waals surface area contributed by atoms with Gasteiger partial charge in [0.15, 0.2) is 0 Å². The maximum Gasteiger partial charge on any atom is 0.269 e. The molecule has 2 aliphatic heterocycles. The zero-order valence-corrected chi connectivity index (χ0v) is 28.8. The normalized spacial score (nSPS) is 26.5. The molecule has 4 aromatic carbocycles. The van der Waals surface area contributed by atoms with Gasteiger partial charge in [-0.2, -0.15) is 5.01 Å². The molecular formula is C41H36N4O7. The number of nitrogens with one attached hydrogen (secondary N) is 1. The smallest absolute Gasteiger partial charge is 0.269 e. The van der Waals surface area contributed by atoms with E-state index in [1.165, 1.54) is 24.3 Å². The van der Waals surface area contributed by atoms with Gasteiger partial charge in [-0.15, -0.1) is 0 Å². The summed E-state index contributed by atoms with van der Waals surface area (Å²) in [5.74, 6) is -5.31. The number of carbonyl (C=O) groups excluding carboxylic acids is 4. The highest BCUT2D eigenvalue weighted by Crippen LogP contribution is 2.64. The third kappa shape index (κ3) is 4.72. The molecule has 6 atom stereocenters. The molecule has 52 heavy (non-hydrogen) atoms. The number of benzene rings is 4. The molecule has 0 spiro atoms. The topological polar surface area (TPSA) is 150 Å². The first-order valence-corrected chi connectivity index (χ1v) is 17.3. The molecule has 2 N–H and O–H groups in total. The van der Waals surface area contributed by atoms with Gasteiger partial charge < -0.3 is 5.11 Å². The molecule has 2 aliphatic carbocycles. The monoisotopic (exact) mass is 696 g/mol. The molecule has 0 radical (unpaired) electrons. The van der Waals surface area contributed by atoms with Crippen LogP contribution in [0, 0.1) is 54.6 Å². The quantitative estimate of drug-likeness (QED) is 0.102. The van der Waals surface area contributed by atoms with E-state index in [2.05, 4.69) is 5.43 Å². The van der Waals surface area contributed by atoms with Crippen LogP contribution < -0.4 is 10.3 Å². The molecule has 0 unspecified atom stereocenters.